The Bertz CT molecular complexity index is 979. The SMILES string of the molecule is Cc1c(-c2cc(OC(C)C3CNC(=O)C3)c3cccnc3c2)cnn1C. The third-order valence-corrected chi connectivity index (χ3v) is 5.21. The van der Waals surface area contributed by atoms with E-state index in [1.54, 1.807) is 6.20 Å². The molecule has 1 amide bonds. The van der Waals surface area contributed by atoms with Gasteiger partial charge < -0.3 is 10.1 Å². The minimum absolute atomic E-state index is 0.0670. The maximum atomic E-state index is 11.5. The maximum absolute atomic E-state index is 11.5. The maximum Gasteiger partial charge on any atom is 0.220 e. The number of amides is 1. The minimum Gasteiger partial charge on any atom is -0.490 e. The molecular weight excluding hydrogens is 328 g/mol. The Morgan fingerprint density at radius 1 is 1.38 bits per heavy atom. The molecule has 2 atom stereocenters. The number of rotatable bonds is 4. The van der Waals surface area contributed by atoms with Gasteiger partial charge in [-0.2, -0.15) is 5.10 Å². The highest BCUT2D eigenvalue weighted by Gasteiger charge is 2.28. The Labute approximate surface area is 152 Å². The first-order valence-electron chi connectivity index (χ1n) is 8.84. The second-order valence-electron chi connectivity index (χ2n) is 6.90. The molecule has 0 spiro atoms. The van der Waals surface area contributed by atoms with Crippen LogP contribution in [0.1, 0.15) is 19.0 Å². The second-order valence-corrected chi connectivity index (χ2v) is 6.90. The Kier molecular flexibility index (Phi) is 4.11. The van der Waals surface area contributed by atoms with Crippen molar-refractivity contribution >= 4 is 16.8 Å². The van der Waals surface area contributed by atoms with E-state index in [1.807, 2.05) is 43.9 Å². The molecule has 1 aliphatic heterocycles. The lowest BCUT2D eigenvalue weighted by Gasteiger charge is -2.21. The fraction of sp³-hybridized carbons (Fsp3) is 0.350. The van der Waals surface area contributed by atoms with Crippen LogP contribution in [0.15, 0.2) is 36.7 Å². The molecule has 6 nitrogen and oxygen atoms in total. The van der Waals surface area contributed by atoms with Gasteiger partial charge in [-0.15, -0.1) is 0 Å². The van der Waals surface area contributed by atoms with E-state index in [9.17, 15) is 4.79 Å². The minimum atomic E-state index is -0.0670. The summed E-state index contributed by atoms with van der Waals surface area (Å²) in [4.78, 5) is 16.0. The normalized spacial score (nSPS) is 18.1. The summed E-state index contributed by atoms with van der Waals surface area (Å²) in [5.41, 5.74) is 4.07. The van der Waals surface area contributed by atoms with Crippen molar-refractivity contribution in [2.24, 2.45) is 13.0 Å². The van der Waals surface area contributed by atoms with E-state index in [4.69, 9.17) is 4.74 Å². The number of hydrogen-bond donors (Lipinski definition) is 1. The molecular formula is C20H22N4O2. The summed E-state index contributed by atoms with van der Waals surface area (Å²) < 4.78 is 8.17. The molecule has 1 aromatic carbocycles. The van der Waals surface area contributed by atoms with Crippen molar-refractivity contribution in [3.63, 3.8) is 0 Å². The van der Waals surface area contributed by atoms with Crippen LogP contribution in [0.25, 0.3) is 22.0 Å². The van der Waals surface area contributed by atoms with E-state index in [0.29, 0.717) is 13.0 Å². The molecule has 1 aliphatic rings. The molecule has 0 aliphatic carbocycles. The number of fused-ring (bicyclic) bond motifs is 1. The van der Waals surface area contributed by atoms with Gasteiger partial charge in [0.2, 0.25) is 5.91 Å². The highest BCUT2D eigenvalue weighted by atomic mass is 16.5. The third kappa shape index (κ3) is 2.92. The van der Waals surface area contributed by atoms with Crippen LogP contribution in [0.5, 0.6) is 5.75 Å². The quantitative estimate of drug-likeness (QED) is 0.786. The van der Waals surface area contributed by atoms with Crippen molar-refractivity contribution in [3.05, 3.63) is 42.4 Å². The highest BCUT2D eigenvalue weighted by Crippen LogP contribution is 2.34. The van der Waals surface area contributed by atoms with Crippen LogP contribution in [-0.2, 0) is 11.8 Å². The molecule has 0 saturated carbocycles. The van der Waals surface area contributed by atoms with Gasteiger partial charge in [-0.1, -0.05) is 0 Å². The van der Waals surface area contributed by atoms with Crippen LogP contribution in [0.4, 0.5) is 0 Å². The summed E-state index contributed by atoms with van der Waals surface area (Å²) in [7, 11) is 1.93. The molecule has 1 fully saturated rings. The topological polar surface area (TPSA) is 69.0 Å². The van der Waals surface area contributed by atoms with Crippen molar-refractivity contribution in [2.45, 2.75) is 26.4 Å². The van der Waals surface area contributed by atoms with Crippen LogP contribution in [0, 0.1) is 12.8 Å². The van der Waals surface area contributed by atoms with Crippen LogP contribution >= 0.6 is 0 Å². The molecule has 1 N–H and O–H groups in total. The van der Waals surface area contributed by atoms with Gasteiger partial charge in [-0.25, -0.2) is 0 Å². The number of nitrogens with zero attached hydrogens (tertiary/aromatic N) is 3. The lowest BCUT2D eigenvalue weighted by Crippen LogP contribution is -2.25. The van der Waals surface area contributed by atoms with Gasteiger partial charge in [0, 0.05) is 48.8 Å². The molecule has 3 aromatic rings. The zero-order chi connectivity index (χ0) is 18.3. The number of benzene rings is 1. The standard InChI is InChI=1S/C20H22N4O2/c1-12-17(11-23-24(12)3)14-7-18-16(5-4-6-21-18)19(8-14)26-13(2)15-9-20(25)22-10-15/h4-8,11,13,15H,9-10H2,1-3H3,(H,22,25). The number of carbonyl (C=O) groups excluding carboxylic acids is 1. The van der Waals surface area contributed by atoms with Gasteiger partial charge in [0.1, 0.15) is 11.9 Å². The van der Waals surface area contributed by atoms with Crippen molar-refractivity contribution < 1.29 is 9.53 Å². The van der Waals surface area contributed by atoms with Gasteiger partial charge >= 0.3 is 0 Å². The summed E-state index contributed by atoms with van der Waals surface area (Å²) in [6.45, 7) is 4.73. The van der Waals surface area contributed by atoms with E-state index in [2.05, 4.69) is 27.5 Å². The number of hydrogen-bond acceptors (Lipinski definition) is 4. The average Bonchev–Trinajstić information content (AvgIpc) is 3.21. The van der Waals surface area contributed by atoms with Gasteiger partial charge in [0.25, 0.3) is 0 Å². The smallest absolute Gasteiger partial charge is 0.220 e. The molecule has 1 saturated heterocycles. The van der Waals surface area contributed by atoms with Crippen molar-refractivity contribution in [3.8, 4) is 16.9 Å². The fourth-order valence-electron chi connectivity index (χ4n) is 3.44. The summed E-state index contributed by atoms with van der Waals surface area (Å²) >= 11 is 0. The summed E-state index contributed by atoms with van der Waals surface area (Å²) in [6, 6.07) is 8.05. The van der Waals surface area contributed by atoms with Crippen LogP contribution in [0.3, 0.4) is 0 Å². The summed E-state index contributed by atoms with van der Waals surface area (Å²) in [6.07, 6.45) is 4.10. The molecule has 2 aromatic heterocycles. The molecule has 0 radical (unpaired) electrons. The zero-order valence-corrected chi connectivity index (χ0v) is 15.2. The first-order valence-corrected chi connectivity index (χ1v) is 8.84. The number of nitrogens with one attached hydrogen (secondary N) is 1. The molecule has 26 heavy (non-hydrogen) atoms. The van der Waals surface area contributed by atoms with Crippen molar-refractivity contribution in [1.82, 2.24) is 20.1 Å². The van der Waals surface area contributed by atoms with Crippen molar-refractivity contribution in [1.29, 1.82) is 0 Å². The van der Waals surface area contributed by atoms with Crippen LogP contribution in [-0.4, -0.2) is 33.3 Å². The number of aryl methyl sites for hydroxylation is 1. The zero-order valence-electron chi connectivity index (χ0n) is 15.2. The summed E-state index contributed by atoms with van der Waals surface area (Å²) in [5, 5.41) is 8.20. The Morgan fingerprint density at radius 3 is 2.92 bits per heavy atom. The second kappa shape index (κ2) is 6.44. The number of ether oxygens (including phenoxy) is 1. The van der Waals surface area contributed by atoms with Gasteiger partial charge in [0.15, 0.2) is 0 Å². The lowest BCUT2D eigenvalue weighted by atomic mass is 10.0. The average molecular weight is 350 g/mol. The van der Waals surface area contributed by atoms with Crippen LogP contribution < -0.4 is 10.1 Å². The first kappa shape index (κ1) is 16.6. The van der Waals surface area contributed by atoms with Gasteiger partial charge in [0.05, 0.1) is 11.7 Å². The Morgan fingerprint density at radius 2 is 2.23 bits per heavy atom. The first-order chi connectivity index (χ1) is 12.5. The Hall–Kier alpha value is -2.89. The molecule has 4 rings (SSSR count). The van der Waals surface area contributed by atoms with Gasteiger partial charge in [-0.3, -0.25) is 14.5 Å². The monoisotopic (exact) mass is 350 g/mol. The summed E-state index contributed by atoms with van der Waals surface area (Å²) in [5.74, 6) is 1.07. The molecule has 6 heteroatoms. The highest BCUT2D eigenvalue weighted by molar-refractivity contribution is 5.90. The molecule has 2 unspecified atom stereocenters. The Balaban J connectivity index is 1.75. The number of carbonyl (C=O) groups is 1. The predicted octanol–water partition coefficient (Wildman–Crippen LogP) is 2.85. The largest absolute Gasteiger partial charge is 0.490 e. The third-order valence-electron chi connectivity index (χ3n) is 5.21. The van der Waals surface area contributed by atoms with E-state index < -0.39 is 0 Å². The molecule has 134 valence electrons. The van der Waals surface area contributed by atoms with Gasteiger partial charge in [-0.05, 0) is 43.7 Å². The fourth-order valence-corrected chi connectivity index (χ4v) is 3.44. The predicted molar refractivity (Wildman–Crippen MR) is 99.9 cm³/mol. The molecule has 0 bridgehead atoms. The molecule has 3 heterocycles. The van der Waals surface area contributed by atoms with E-state index in [-0.39, 0.29) is 17.9 Å². The van der Waals surface area contributed by atoms with E-state index in [0.717, 1.165) is 33.5 Å². The lowest BCUT2D eigenvalue weighted by molar-refractivity contribution is -0.119. The van der Waals surface area contributed by atoms with E-state index in [1.165, 1.54) is 0 Å². The van der Waals surface area contributed by atoms with Crippen molar-refractivity contribution in [2.75, 3.05) is 6.54 Å². The number of aromatic nitrogens is 3. The number of pyridine rings is 1. The van der Waals surface area contributed by atoms with Crippen LogP contribution in [0.2, 0.25) is 0 Å². The van der Waals surface area contributed by atoms with E-state index >= 15 is 0 Å².